The summed E-state index contributed by atoms with van der Waals surface area (Å²) in [6, 6.07) is 16.1. The molecule has 0 bridgehead atoms. The van der Waals surface area contributed by atoms with Crippen LogP contribution in [0.25, 0.3) is 17.0 Å². The number of halogens is 2. The molecule has 1 aliphatic rings. The molecule has 1 aromatic heterocycles. The van der Waals surface area contributed by atoms with E-state index in [2.05, 4.69) is 21.6 Å². The Morgan fingerprint density at radius 1 is 1.06 bits per heavy atom. The zero-order chi connectivity index (χ0) is 35.1. The average Bonchev–Trinajstić information content (AvgIpc) is 3.12. The molecule has 1 saturated heterocycles. The molecular formula is C36H37Cl2N5O6. The number of benzene rings is 3. The third-order valence-corrected chi connectivity index (χ3v) is 8.85. The standard InChI is InChI=1S/C36H37Cl2N5O6/c1-22-18-29(43-14-16-48-17-15-43)24-6-5-7-30(35(24)41-22)49-21-26-27(37)11-12-28(34(26)38)42(3)33(45)20-40-32(44)13-9-23-8-10-25(36(46)39-2)31(19-23)47-4/h5-13,18-19H,14-17,20-21H2,1-4H3,(H,39,46)(H,40,44). The van der Waals surface area contributed by atoms with Crippen molar-refractivity contribution in [2.45, 2.75) is 13.5 Å². The Bertz CT molecular complexity index is 1910. The first-order valence-electron chi connectivity index (χ1n) is 15.6. The quantitative estimate of drug-likeness (QED) is 0.198. The first kappa shape index (κ1) is 35.5. The summed E-state index contributed by atoms with van der Waals surface area (Å²) in [6.07, 6.45) is 2.85. The van der Waals surface area contributed by atoms with Gasteiger partial charge in [0.05, 0.1) is 43.1 Å². The number of hydrogen-bond donors (Lipinski definition) is 2. The van der Waals surface area contributed by atoms with Crippen LogP contribution in [0, 0.1) is 6.92 Å². The number of fused-ring (bicyclic) bond motifs is 1. The van der Waals surface area contributed by atoms with E-state index in [-0.39, 0.29) is 24.1 Å². The van der Waals surface area contributed by atoms with E-state index in [1.54, 1.807) is 43.5 Å². The minimum Gasteiger partial charge on any atom is -0.496 e. The number of likely N-dealkylation sites (N-methyl/N-ethyl adjacent to an activating group) is 1. The Kier molecular flexibility index (Phi) is 11.6. The monoisotopic (exact) mass is 705 g/mol. The van der Waals surface area contributed by atoms with Gasteiger partial charge in [0.2, 0.25) is 11.8 Å². The molecule has 0 unspecified atom stereocenters. The topological polar surface area (TPSA) is 122 Å². The van der Waals surface area contributed by atoms with Crippen molar-refractivity contribution >= 4 is 69.3 Å². The van der Waals surface area contributed by atoms with Gasteiger partial charge in [0.1, 0.15) is 23.6 Å². The summed E-state index contributed by atoms with van der Waals surface area (Å²) in [7, 11) is 4.55. The second kappa shape index (κ2) is 16.0. The lowest BCUT2D eigenvalue weighted by atomic mass is 10.1. The maximum Gasteiger partial charge on any atom is 0.254 e. The van der Waals surface area contributed by atoms with Crippen LogP contribution in [0.4, 0.5) is 11.4 Å². The lowest BCUT2D eigenvalue weighted by molar-refractivity contribution is -0.122. The number of rotatable bonds is 11. The van der Waals surface area contributed by atoms with E-state index in [1.165, 1.54) is 25.1 Å². The summed E-state index contributed by atoms with van der Waals surface area (Å²) in [5, 5.41) is 6.74. The van der Waals surface area contributed by atoms with Gasteiger partial charge in [0, 0.05) is 60.6 Å². The van der Waals surface area contributed by atoms with Crippen molar-refractivity contribution in [3.05, 3.63) is 93.1 Å². The van der Waals surface area contributed by atoms with Crippen LogP contribution < -0.4 is 29.9 Å². The molecule has 0 aliphatic carbocycles. The molecule has 3 amide bonds. The number of aromatic nitrogens is 1. The van der Waals surface area contributed by atoms with Crippen LogP contribution in [-0.4, -0.2) is 76.8 Å². The van der Waals surface area contributed by atoms with Crippen LogP contribution in [-0.2, 0) is 20.9 Å². The average molecular weight is 707 g/mol. The normalized spacial score (nSPS) is 13.0. The van der Waals surface area contributed by atoms with Gasteiger partial charge in [-0.2, -0.15) is 0 Å². The van der Waals surface area contributed by atoms with Crippen LogP contribution in [0.3, 0.4) is 0 Å². The fraction of sp³-hybridized carbons (Fsp3) is 0.278. The highest BCUT2D eigenvalue weighted by molar-refractivity contribution is 6.38. The number of nitrogens with zero attached hydrogens (tertiary/aromatic N) is 3. The lowest BCUT2D eigenvalue weighted by Gasteiger charge is -2.30. The Morgan fingerprint density at radius 2 is 1.84 bits per heavy atom. The first-order valence-corrected chi connectivity index (χ1v) is 16.3. The van der Waals surface area contributed by atoms with Crippen molar-refractivity contribution in [3.63, 3.8) is 0 Å². The minimum atomic E-state index is -0.483. The molecule has 3 aromatic carbocycles. The Labute approximate surface area is 294 Å². The highest BCUT2D eigenvalue weighted by Gasteiger charge is 2.21. The van der Waals surface area contributed by atoms with Gasteiger partial charge in [-0.3, -0.25) is 14.4 Å². The third kappa shape index (κ3) is 8.25. The number of para-hydroxylation sites is 1. The molecule has 13 heteroatoms. The van der Waals surface area contributed by atoms with E-state index in [9.17, 15) is 14.4 Å². The number of aryl methyl sites for hydroxylation is 1. The molecule has 49 heavy (non-hydrogen) atoms. The van der Waals surface area contributed by atoms with Gasteiger partial charge in [0.25, 0.3) is 5.91 Å². The number of carbonyl (C=O) groups is 3. The number of ether oxygens (including phenoxy) is 3. The van der Waals surface area contributed by atoms with E-state index in [1.807, 2.05) is 25.1 Å². The number of amides is 3. The molecule has 0 spiro atoms. The fourth-order valence-electron chi connectivity index (χ4n) is 5.42. The van der Waals surface area contributed by atoms with E-state index in [0.29, 0.717) is 52.1 Å². The van der Waals surface area contributed by atoms with Gasteiger partial charge < -0.3 is 34.6 Å². The van der Waals surface area contributed by atoms with E-state index in [0.717, 1.165) is 35.4 Å². The molecule has 0 atom stereocenters. The Morgan fingerprint density at radius 3 is 2.57 bits per heavy atom. The Balaban J connectivity index is 1.25. The van der Waals surface area contributed by atoms with Gasteiger partial charge in [-0.15, -0.1) is 0 Å². The number of anilines is 2. The third-order valence-electron chi connectivity index (χ3n) is 8.07. The number of pyridine rings is 1. The van der Waals surface area contributed by atoms with Crippen molar-refractivity contribution in [1.29, 1.82) is 0 Å². The number of carbonyl (C=O) groups excluding carboxylic acids is 3. The molecule has 2 heterocycles. The van der Waals surface area contributed by atoms with Gasteiger partial charge in [-0.25, -0.2) is 4.98 Å². The zero-order valence-electron chi connectivity index (χ0n) is 27.6. The maximum absolute atomic E-state index is 13.1. The van der Waals surface area contributed by atoms with Crippen LogP contribution in [0.2, 0.25) is 10.0 Å². The number of morpholine rings is 1. The smallest absolute Gasteiger partial charge is 0.254 e. The van der Waals surface area contributed by atoms with Crippen molar-refractivity contribution in [2.75, 3.05) is 63.9 Å². The number of hydrogen-bond acceptors (Lipinski definition) is 8. The first-order chi connectivity index (χ1) is 23.6. The van der Waals surface area contributed by atoms with E-state index >= 15 is 0 Å². The summed E-state index contributed by atoms with van der Waals surface area (Å²) in [5.74, 6) is -0.232. The molecular weight excluding hydrogens is 669 g/mol. The van der Waals surface area contributed by atoms with Crippen LogP contribution in [0.5, 0.6) is 11.5 Å². The molecule has 2 N–H and O–H groups in total. The minimum absolute atomic E-state index is 0.0333. The van der Waals surface area contributed by atoms with Gasteiger partial charge in [-0.1, -0.05) is 41.4 Å². The van der Waals surface area contributed by atoms with Gasteiger partial charge in [-0.05, 0) is 55.0 Å². The van der Waals surface area contributed by atoms with Gasteiger partial charge in [0.15, 0.2) is 0 Å². The summed E-state index contributed by atoms with van der Waals surface area (Å²) >= 11 is 13.4. The molecule has 0 saturated carbocycles. The van der Waals surface area contributed by atoms with Crippen molar-refractivity contribution in [3.8, 4) is 11.5 Å². The zero-order valence-corrected chi connectivity index (χ0v) is 29.2. The van der Waals surface area contributed by atoms with Crippen molar-refractivity contribution in [1.82, 2.24) is 15.6 Å². The highest BCUT2D eigenvalue weighted by Crippen LogP contribution is 2.37. The number of methoxy groups -OCH3 is 1. The van der Waals surface area contributed by atoms with Crippen LogP contribution in [0.15, 0.2) is 60.7 Å². The van der Waals surface area contributed by atoms with Crippen molar-refractivity contribution in [2.24, 2.45) is 0 Å². The summed E-state index contributed by atoms with van der Waals surface area (Å²) in [4.78, 5) is 46.0. The highest BCUT2D eigenvalue weighted by atomic mass is 35.5. The molecule has 5 rings (SSSR count). The molecule has 256 valence electrons. The number of nitrogens with one attached hydrogen (secondary N) is 2. The predicted octanol–water partition coefficient (Wildman–Crippen LogP) is 5.43. The molecule has 11 nitrogen and oxygen atoms in total. The van der Waals surface area contributed by atoms with Crippen LogP contribution in [0.1, 0.15) is 27.2 Å². The second-order valence-electron chi connectivity index (χ2n) is 11.2. The predicted molar refractivity (Wildman–Crippen MR) is 192 cm³/mol. The van der Waals surface area contributed by atoms with Crippen molar-refractivity contribution < 1.29 is 28.6 Å². The van der Waals surface area contributed by atoms with Crippen LogP contribution >= 0.6 is 23.2 Å². The SMILES string of the molecule is CNC(=O)c1ccc(C=CC(=O)NCC(=O)N(C)c2ccc(Cl)c(COc3cccc4c(N5CCOCC5)cc(C)nc34)c2Cl)cc1OC. The molecule has 4 aromatic rings. The fourth-order valence-corrected chi connectivity index (χ4v) is 6.02. The Hall–Kier alpha value is -4.84. The van der Waals surface area contributed by atoms with Gasteiger partial charge >= 0.3 is 0 Å². The molecule has 0 radical (unpaired) electrons. The maximum atomic E-state index is 13.1. The summed E-state index contributed by atoms with van der Waals surface area (Å²) < 4.78 is 17.1. The lowest BCUT2D eigenvalue weighted by Crippen LogP contribution is -2.37. The largest absolute Gasteiger partial charge is 0.496 e. The summed E-state index contributed by atoms with van der Waals surface area (Å²) in [6.45, 7) is 4.62. The van der Waals surface area contributed by atoms with E-state index in [4.69, 9.17) is 42.4 Å². The van der Waals surface area contributed by atoms with E-state index < -0.39 is 11.8 Å². The second-order valence-corrected chi connectivity index (χ2v) is 12.0. The molecule has 1 fully saturated rings. The molecule has 1 aliphatic heterocycles. The summed E-state index contributed by atoms with van der Waals surface area (Å²) in [5.41, 5.74) is 4.58.